The fourth-order valence-corrected chi connectivity index (χ4v) is 1.61. The quantitative estimate of drug-likeness (QED) is 0.769. The fraction of sp³-hybridized carbons (Fsp3) is 0. The van der Waals surface area contributed by atoms with Crippen molar-refractivity contribution in [1.29, 1.82) is 0 Å². The third kappa shape index (κ3) is 2.38. The summed E-state index contributed by atoms with van der Waals surface area (Å²) < 4.78 is 0. The highest BCUT2D eigenvalue weighted by molar-refractivity contribution is 5.85. The number of H-pyrrole nitrogens is 1. The van der Waals surface area contributed by atoms with Crippen LogP contribution in [0.25, 0.3) is 22.9 Å². The predicted molar refractivity (Wildman–Crippen MR) is 72.3 cm³/mol. The van der Waals surface area contributed by atoms with Crippen LogP contribution in [0, 0.1) is 0 Å². The van der Waals surface area contributed by atoms with Crippen LogP contribution in [-0.4, -0.2) is 19.9 Å². The molecule has 0 spiro atoms. The number of rotatable bonds is 2. The van der Waals surface area contributed by atoms with Crippen molar-refractivity contribution in [3.63, 3.8) is 0 Å². The van der Waals surface area contributed by atoms with Crippen molar-refractivity contribution in [3.8, 4) is 22.9 Å². The molecule has 3 rings (SSSR count). The van der Waals surface area contributed by atoms with Crippen molar-refractivity contribution in [1.82, 2.24) is 19.9 Å². The number of nitrogens with zero attached hydrogens (tertiary/aromatic N) is 3. The summed E-state index contributed by atoms with van der Waals surface area (Å²) in [5.41, 5.74) is 2.60. The smallest absolute Gasteiger partial charge is 0.156 e. The fourth-order valence-electron chi connectivity index (χ4n) is 1.61. The van der Waals surface area contributed by atoms with E-state index in [-0.39, 0.29) is 12.4 Å². The van der Waals surface area contributed by atoms with Gasteiger partial charge in [-0.05, 0) is 24.3 Å². The first kappa shape index (κ1) is 12.3. The maximum Gasteiger partial charge on any atom is 0.156 e. The molecule has 0 aliphatic carbocycles. The minimum atomic E-state index is 0. The summed E-state index contributed by atoms with van der Waals surface area (Å²) in [5.74, 6) is 0.756. The van der Waals surface area contributed by atoms with Crippen LogP contribution in [0.3, 0.4) is 0 Å². The summed E-state index contributed by atoms with van der Waals surface area (Å²) in [6.07, 6.45) is 5.28. The Kier molecular flexibility index (Phi) is 3.69. The first-order valence-electron chi connectivity index (χ1n) is 5.31. The molecule has 3 aromatic heterocycles. The van der Waals surface area contributed by atoms with Gasteiger partial charge in [-0.1, -0.05) is 12.1 Å². The predicted octanol–water partition coefficient (Wildman–Crippen LogP) is 2.96. The van der Waals surface area contributed by atoms with Crippen LogP contribution in [-0.2, 0) is 0 Å². The van der Waals surface area contributed by atoms with E-state index in [2.05, 4.69) is 19.9 Å². The summed E-state index contributed by atoms with van der Waals surface area (Å²) in [7, 11) is 0. The Morgan fingerprint density at radius 2 is 1.44 bits per heavy atom. The highest BCUT2D eigenvalue weighted by Gasteiger charge is 2.05. The Hall–Kier alpha value is -2.20. The molecule has 0 unspecified atom stereocenters. The van der Waals surface area contributed by atoms with Gasteiger partial charge < -0.3 is 4.98 Å². The summed E-state index contributed by atoms with van der Waals surface area (Å²) in [4.78, 5) is 16.0. The number of hydrogen-bond donors (Lipinski definition) is 1. The first-order chi connectivity index (χ1) is 8.43. The zero-order valence-electron chi connectivity index (χ0n) is 9.45. The third-order valence-electron chi connectivity index (χ3n) is 2.42. The van der Waals surface area contributed by atoms with Crippen LogP contribution in [0.1, 0.15) is 0 Å². The molecule has 0 saturated heterocycles. The number of aromatic nitrogens is 4. The average Bonchev–Trinajstić information content (AvgIpc) is 2.90. The Morgan fingerprint density at radius 3 is 2.06 bits per heavy atom. The maximum absolute atomic E-state index is 4.30. The number of hydrogen-bond acceptors (Lipinski definition) is 3. The number of imidazole rings is 1. The van der Waals surface area contributed by atoms with Gasteiger partial charge in [0, 0.05) is 12.4 Å². The van der Waals surface area contributed by atoms with E-state index in [0.29, 0.717) is 0 Å². The van der Waals surface area contributed by atoms with Crippen molar-refractivity contribution in [2.45, 2.75) is 0 Å². The van der Waals surface area contributed by atoms with Crippen LogP contribution in [0.2, 0.25) is 0 Å². The van der Waals surface area contributed by atoms with Crippen molar-refractivity contribution in [3.05, 3.63) is 55.0 Å². The van der Waals surface area contributed by atoms with Gasteiger partial charge in [-0.15, -0.1) is 12.4 Å². The van der Waals surface area contributed by atoms with E-state index in [1.807, 2.05) is 36.4 Å². The second-order valence-electron chi connectivity index (χ2n) is 3.58. The number of aromatic amines is 1. The molecule has 0 aromatic carbocycles. The molecule has 3 aromatic rings. The largest absolute Gasteiger partial charge is 0.335 e. The van der Waals surface area contributed by atoms with Crippen LogP contribution < -0.4 is 0 Å². The van der Waals surface area contributed by atoms with Gasteiger partial charge in [0.05, 0.1) is 17.6 Å². The molecule has 0 aliphatic rings. The Labute approximate surface area is 111 Å². The van der Waals surface area contributed by atoms with Gasteiger partial charge in [0.25, 0.3) is 0 Å². The van der Waals surface area contributed by atoms with E-state index in [0.717, 1.165) is 22.9 Å². The molecule has 5 heteroatoms. The minimum absolute atomic E-state index is 0. The lowest BCUT2D eigenvalue weighted by Crippen LogP contribution is -1.85. The average molecular weight is 259 g/mol. The molecule has 0 atom stereocenters. The molecular formula is C13H11ClN4. The molecule has 0 radical (unpaired) electrons. The van der Waals surface area contributed by atoms with Crippen LogP contribution >= 0.6 is 12.4 Å². The normalized spacial score (nSPS) is 9.78. The molecule has 0 fully saturated rings. The number of halogens is 1. The third-order valence-corrected chi connectivity index (χ3v) is 2.42. The van der Waals surface area contributed by atoms with E-state index >= 15 is 0 Å². The molecule has 90 valence electrons. The SMILES string of the molecule is Cl.c1ccc(-c2cnc(-c3ccccn3)[nH]2)nc1. The maximum atomic E-state index is 4.30. The molecule has 0 saturated carbocycles. The van der Waals surface area contributed by atoms with Crippen LogP contribution in [0.5, 0.6) is 0 Å². The summed E-state index contributed by atoms with van der Waals surface area (Å²) in [6.45, 7) is 0. The molecule has 0 bridgehead atoms. The molecule has 4 nitrogen and oxygen atoms in total. The molecule has 0 aliphatic heterocycles. The van der Waals surface area contributed by atoms with E-state index in [1.165, 1.54) is 0 Å². The lowest BCUT2D eigenvalue weighted by Gasteiger charge is -1.95. The Bertz CT molecular complexity index is 553. The van der Waals surface area contributed by atoms with Gasteiger partial charge in [-0.3, -0.25) is 9.97 Å². The monoisotopic (exact) mass is 258 g/mol. The van der Waals surface area contributed by atoms with E-state index in [1.54, 1.807) is 18.6 Å². The standard InChI is InChI=1S/C13H10N4.ClH/c1-3-7-14-10(5-1)12-9-16-13(17-12)11-6-2-4-8-15-11;/h1-9H,(H,16,17);1H. The molecule has 3 heterocycles. The highest BCUT2D eigenvalue weighted by atomic mass is 35.5. The van der Waals surface area contributed by atoms with Crippen molar-refractivity contribution >= 4 is 12.4 Å². The number of nitrogens with one attached hydrogen (secondary N) is 1. The van der Waals surface area contributed by atoms with Crippen molar-refractivity contribution in [2.75, 3.05) is 0 Å². The van der Waals surface area contributed by atoms with Gasteiger partial charge in [-0.25, -0.2) is 4.98 Å². The van der Waals surface area contributed by atoms with Gasteiger partial charge in [0.1, 0.15) is 5.69 Å². The lowest BCUT2D eigenvalue weighted by atomic mass is 10.3. The minimum Gasteiger partial charge on any atom is -0.335 e. The van der Waals surface area contributed by atoms with Crippen LogP contribution in [0.4, 0.5) is 0 Å². The van der Waals surface area contributed by atoms with Gasteiger partial charge in [0.15, 0.2) is 5.82 Å². The topological polar surface area (TPSA) is 54.5 Å². The molecule has 1 N–H and O–H groups in total. The van der Waals surface area contributed by atoms with E-state index in [4.69, 9.17) is 0 Å². The first-order valence-corrected chi connectivity index (χ1v) is 5.31. The summed E-state index contributed by atoms with van der Waals surface area (Å²) in [5, 5.41) is 0. The molecular weight excluding hydrogens is 248 g/mol. The zero-order chi connectivity index (χ0) is 11.5. The second kappa shape index (κ2) is 5.42. The van der Waals surface area contributed by atoms with Crippen LogP contribution in [0.15, 0.2) is 55.0 Å². The summed E-state index contributed by atoms with van der Waals surface area (Å²) >= 11 is 0. The van der Waals surface area contributed by atoms with Crippen molar-refractivity contribution in [2.24, 2.45) is 0 Å². The Morgan fingerprint density at radius 1 is 0.778 bits per heavy atom. The van der Waals surface area contributed by atoms with E-state index < -0.39 is 0 Å². The second-order valence-corrected chi connectivity index (χ2v) is 3.58. The summed E-state index contributed by atoms with van der Waals surface area (Å²) in [6, 6.07) is 11.5. The number of pyridine rings is 2. The zero-order valence-corrected chi connectivity index (χ0v) is 10.3. The lowest BCUT2D eigenvalue weighted by molar-refractivity contribution is 1.22. The Balaban J connectivity index is 0.00000120. The molecule has 0 amide bonds. The van der Waals surface area contributed by atoms with E-state index in [9.17, 15) is 0 Å². The van der Waals surface area contributed by atoms with Gasteiger partial charge in [0.2, 0.25) is 0 Å². The van der Waals surface area contributed by atoms with Crippen molar-refractivity contribution < 1.29 is 0 Å². The molecule has 18 heavy (non-hydrogen) atoms. The van der Waals surface area contributed by atoms with Gasteiger partial charge >= 0.3 is 0 Å². The van der Waals surface area contributed by atoms with Gasteiger partial charge in [-0.2, -0.15) is 0 Å². The highest BCUT2D eigenvalue weighted by Crippen LogP contribution is 2.18.